The van der Waals surface area contributed by atoms with E-state index in [4.69, 9.17) is 9.15 Å². The number of aryl methyl sites for hydroxylation is 1. The van der Waals surface area contributed by atoms with Crippen LogP contribution in [0, 0.1) is 0 Å². The highest BCUT2D eigenvalue weighted by Gasteiger charge is 2.22. The van der Waals surface area contributed by atoms with Crippen LogP contribution in [0.3, 0.4) is 0 Å². The molecule has 144 valence electrons. The van der Waals surface area contributed by atoms with Crippen molar-refractivity contribution in [2.45, 2.75) is 31.8 Å². The zero-order valence-electron chi connectivity index (χ0n) is 15.2. The SMILES string of the molecule is O=C(COC(=O)Cn1c(=O)oc2ccccc21)NC1CCCc2ccccc21. The number of carbonyl (C=O) groups excluding carboxylic acids is 2. The van der Waals surface area contributed by atoms with E-state index >= 15 is 0 Å². The monoisotopic (exact) mass is 380 g/mol. The van der Waals surface area contributed by atoms with Gasteiger partial charge in [0.25, 0.3) is 5.91 Å². The average molecular weight is 380 g/mol. The molecule has 0 saturated carbocycles. The molecule has 7 nitrogen and oxygen atoms in total. The summed E-state index contributed by atoms with van der Waals surface area (Å²) in [4.78, 5) is 36.2. The molecule has 2 aromatic carbocycles. The van der Waals surface area contributed by atoms with Gasteiger partial charge in [-0.2, -0.15) is 0 Å². The first-order valence-corrected chi connectivity index (χ1v) is 9.23. The van der Waals surface area contributed by atoms with Crippen LogP contribution < -0.4 is 11.1 Å². The number of amides is 1. The lowest BCUT2D eigenvalue weighted by atomic mass is 9.88. The number of benzene rings is 2. The van der Waals surface area contributed by atoms with Gasteiger partial charge in [-0.3, -0.25) is 14.2 Å². The molecule has 1 aliphatic carbocycles. The Kier molecular flexibility index (Phi) is 4.97. The van der Waals surface area contributed by atoms with Crippen molar-refractivity contribution < 1.29 is 18.7 Å². The van der Waals surface area contributed by atoms with Crippen LogP contribution in [0.5, 0.6) is 0 Å². The van der Waals surface area contributed by atoms with Crippen LogP contribution in [0.4, 0.5) is 0 Å². The fraction of sp³-hybridized carbons (Fsp3) is 0.286. The molecule has 0 saturated heterocycles. The number of aromatic nitrogens is 1. The number of rotatable bonds is 5. The number of carbonyl (C=O) groups is 2. The molecular formula is C21H20N2O5. The average Bonchev–Trinajstić information content (AvgIpc) is 3.02. The first-order valence-electron chi connectivity index (χ1n) is 9.23. The number of esters is 1. The van der Waals surface area contributed by atoms with Crippen LogP contribution in [-0.4, -0.2) is 23.1 Å². The lowest BCUT2D eigenvalue weighted by Gasteiger charge is -2.26. The van der Waals surface area contributed by atoms with Gasteiger partial charge in [0.1, 0.15) is 6.54 Å². The molecule has 1 N–H and O–H groups in total. The Bertz CT molecular complexity index is 1080. The zero-order valence-corrected chi connectivity index (χ0v) is 15.2. The molecule has 1 atom stereocenters. The van der Waals surface area contributed by atoms with Gasteiger partial charge in [-0.05, 0) is 42.5 Å². The van der Waals surface area contributed by atoms with Crippen molar-refractivity contribution in [1.82, 2.24) is 9.88 Å². The van der Waals surface area contributed by atoms with E-state index in [0.29, 0.717) is 11.1 Å². The normalized spacial score (nSPS) is 15.8. The maximum atomic E-state index is 12.2. The Labute approximate surface area is 160 Å². The summed E-state index contributed by atoms with van der Waals surface area (Å²) >= 11 is 0. The molecule has 0 bridgehead atoms. The number of fused-ring (bicyclic) bond motifs is 2. The molecule has 0 fully saturated rings. The van der Waals surface area contributed by atoms with Crippen molar-refractivity contribution in [1.29, 1.82) is 0 Å². The molecule has 0 spiro atoms. The second kappa shape index (κ2) is 7.72. The van der Waals surface area contributed by atoms with Crippen molar-refractivity contribution in [2.24, 2.45) is 0 Å². The summed E-state index contributed by atoms with van der Waals surface area (Å²) in [6.45, 7) is -0.697. The minimum Gasteiger partial charge on any atom is -0.454 e. The van der Waals surface area contributed by atoms with E-state index in [-0.39, 0.29) is 25.1 Å². The van der Waals surface area contributed by atoms with E-state index in [1.165, 1.54) is 10.1 Å². The van der Waals surface area contributed by atoms with Gasteiger partial charge in [-0.15, -0.1) is 0 Å². The molecule has 0 aliphatic heterocycles. The summed E-state index contributed by atoms with van der Waals surface area (Å²) < 4.78 is 11.3. The summed E-state index contributed by atoms with van der Waals surface area (Å²) in [7, 11) is 0. The third-order valence-corrected chi connectivity index (χ3v) is 4.93. The number of hydrogen-bond donors (Lipinski definition) is 1. The maximum absolute atomic E-state index is 12.2. The van der Waals surface area contributed by atoms with Crippen LogP contribution in [0.2, 0.25) is 0 Å². The largest absolute Gasteiger partial charge is 0.454 e. The van der Waals surface area contributed by atoms with Crippen molar-refractivity contribution >= 4 is 23.0 Å². The molecule has 0 radical (unpaired) electrons. The lowest BCUT2D eigenvalue weighted by Crippen LogP contribution is -2.34. The fourth-order valence-corrected chi connectivity index (χ4v) is 3.62. The smallest absolute Gasteiger partial charge is 0.420 e. The standard InChI is InChI=1S/C21H20N2O5/c24-19(22-16-9-5-7-14-6-1-2-8-15(14)16)13-27-20(25)12-23-17-10-3-4-11-18(17)28-21(23)26/h1-4,6,8,10-11,16H,5,7,9,12-13H2,(H,22,24). The van der Waals surface area contributed by atoms with E-state index in [2.05, 4.69) is 11.4 Å². The van der Waals surface area contributed by atoms with Crippen LogP contribution in [0.25, 0.3) is 11.1 Å². The van der Waals surface area contributed by atoms with Crippen molar-refractivity contribution in [3.63, 3.8) is 0 Å². The highest BCUT2D eigenvalue weighted by atomic mass is 16.5. The summed E-state index contributed by atoms with van der Waals surface area (Å²) in [5, 5.41) is 2.93. The minimum atomic E-state index is -0.673. The van der Waals surface area contributed by atoms with Gasteiger partial charge in [0.05, 0.1) is 11.6 Å². The number of oxazole rings is 1. The van der Waals surface area contributed by atoms with E-state index in [1.54, 1.807) is 24.3 Å². The molecule has 1 amide bonds. The molecule has 1 unspecified atom stereocenters. The first kappa shape index (κ1) is 18.0. The van der Waals surface area contributed by atoms with Crippen molar-refractivity contribution in [3.8, 4) is 0 Å². The van der Waals surface area contributed by atoms with Crippen molar-refractivity contribution in [2.75, 3.05) is 6.61 Å². The molecule has 1 heterocycles. The van der Waals surface area contributed by atoms with Gasteiger partial charge in [-0.1, -0.05) is 36.4 Å². The van der Waals surface area contributed by atoms with Crippen molar-refractivity contribution in [3.05, 3.63) is 70.2 Å². The highest BCUT2D eigenvalue weighted by molar-refractivity contribution is 5.81. The Morgan fingerprint density at radius 2 is 1.93 bits per heavy atom. The zero-order chi connectivity index (χ0) is 19.5. The molecule has 1 aromatic heterocycles. The second-order valence-corrected chi connectivity index (χ2v) is 6.79. The van der Waals surface area contributed by atoms with Crippen LogP contribution in [-0.2, 0) is 27.3 Å². The fourth-order valence-electron chi connectivity index (χ4n) is 3.62. The molecule has 3 aromatic rings. The minimum absolute atomic E-state index is 0.0726. The molecule has 7 heteroatoms. The third-order valence-electron chi connectivity index (χ3n) is 4.93. The summed E-state index contributed by atoms with van der Waals surface area (Å²) in [6.07, 6.45) is 2.86. The number of ether oxygens (including phenoxy) is 1. The predicted molar refractivity (Wildman–Crippen MR) is 102 cm³/mol. The van der Waals surface area contributed by atoms with Gasteiger partial charge >= 0.3 is 11.7 Å². The molecule has 28 heavy (non-hydrogen) atoms. The van der Waals surface area contributed by atoms with Gasteiger partial charge in [0.2, 0.25) is 0 Å². The van der Waals surface area contributed by atoms with E-state index in [0.717, 1.165) is 24.8 Å². The summed E-state index contributed by atoms with van der Waals surface area (Å²) in [5.74, 6) is -1.67. The van der Waals surface area contributed by atoms with Gasteiger partial charge in [0, 0.05) is 0 Å². The maximum Gasteiger partial charge on any atom is 0.420 e. The van der Waals surface area contributed by atoms with Gasteiger partial charge in [-0.25, -0.2) is 4.79 Å². The lowest BCUT2D eigenvalue weighted by molar-refractivity contribution is -0.149. The Balaban J connectivity index is 1.34. The number of nitrogens with one attached hydrogen (secondary N) is 1. The summed E-state index contributed by atoms with van der Waals surface area (Å²) in [5.41, 5.74) is 3.26. The molecule has 4 rings (SSSR count). The first-order chi connectivity index (χ1) is 13.6. The molecule has 1 aliphatic rings. The van der Waals surface area contributed by atoms with Gasteiger partial charge < -0.3 is 14.5 Å². The second-order valence-electron chi connectivity index (χ2n) is 6.79. The number of nitrogens with zero attached hydrogens (tertiary/aromatic N) is 1. The topological polar surface area (TPSA) is 90.5 Å². The van der Waals surface area contributed by atoms with Gasteiger partial charge in [0.15, 0.2) is 12.2 Å². The third kappa shape index (κ3) is 3.69. The van der Waals surface area contributed by atoms with E-state index in [1.807, 2.05) is 18.2 Å². The number of hydrogen-bond acceptors (Lipinski definition) is 5. The van der Waals surface area contributed by atoms with E-state index < -0.39 is 11.7 Å². The van der Waals surface area contributed by atoms with Crippen LogP contribution >= 0.6 is 0 Å². The Morgan fingerprint density at radius 3 is 2.82 bits per heavy atom. The summed E-state index contributed by atoms with van der Waals surface area (Å²) in [6, 6.07) is 14.8. The molecular weight excluding hydrogens is 360 g/mol. The highest BCUT2D eigenvalue weighted by Crippen LogP contribution is 2.29. The Morgan fingerprint density at radius 1 is 1.14 bits per heavy atom. The predicted octanol–water partition coefficient (Wildman–Crippen LogP) is 2.33. The van der Waals surface area contributed by atoms with Crippen LogP contribution in [0.1, 0.15) is 30.0 Å². The van der Waals surface area contributed by atoms with Crippen LogP contribution in [0.15, 0.2) is 57.7 Å². The number of para-hydroxylation sites is 2. The van der Waals surface area contributed by atoms with E-state index in [9.17, 15) is 14.4 Å². The quantitative estimate of drug-likeness (QED) is 0.686. The Hall–Kier alpha value is -3.35.